The average molecular weight is 382 g/mol. The van der Waals surface area contributed by atoms with Crippen LogP contribution in [0.5, 0.6) is 0 Å². The zero-order valence-electron chi connectivity index (χ0n) is 13.9. The highest BCUT2D eigenvalue weighted by Gasteiger charge is 2.47. The van der Waals surface area contributed by atoms with Crippen LogP contribution in [0.1, 0.15) is 12.2 Å². The standard InChI is InChI=1S/C19H21Cl2NO3/c20-16-3-1-13(7-17(16)21)18-4-2-15(25-18)9-22-8-14-10-24-6-5-19(14,11-22)12-23/h1-4,7,14,23H,5-6,8-12H2/t14-,19-/m1/s1. The molecule has 4 nitrogen and oxygen atoms in total. The van der Waals surface area contributed by atoms with E-state index in [2.05, 4.69) is 4.90 Å². The van der Waals surface area contributed by atoms with Crippen LogP contribution in [0.3, 0.4) is 0 Å². The lowest BCUT2D eigenvalue weighted by molar-refractivity contribution is -0.0417. The number of benzene rings is 1. The molecule has 2 fully saturated rings. The van der Waals surface area contributed by atoms with Gasteiger partial charge in [0, 0.05) is 36.6 Å². The normalized spacial score (nSPS) is 26.8. The van der Waals surface area contributed by atoms with E-state index in [1.54, 1.807) is 6.07 Å². The maximum atomic E-state index is 9.91. The highest BCUT2D eigenvalue weighted by Crippen LogP contribution is 2.42. The molecule has 2 atom stereocenters. The fourth-order valence-corrected chi connectivity index (χ4v) is 4.32. The number of hydrogen-bond donors (Lipinski definition) is 1. The van der Waals surface area contributed by atoms with Crippen LogP contribution in [0, 0.1) is 11.3 Å². The van der Waals surface area contributed by atoms with E-state index in [1.807, 2.05) is 24.3 Å². The van der Waals surface area contributed by atoms with Crippen LogP contribution in [0.25, 0.3) is 11.3 Å². The third-order valence-corrected chi connectivity index (χ3v) is 6.25. The number of halogens is 2. The number of hydrogen-bond acceptors (Lipinski definition) is 4. The molecule has 1 aromatic carbocycles. The first-order chi connectivity index (χ1) is 12.1. The van der Waals surface area contributed by atoms with Crippen LogP contribution in [-0.2, 0) is 11.3 Å². The molecule has 2 aliphatic rings. The van der Waals surface area contributed by atoms with Gasteiger partial charge >= 0.3 is 0 Å². The topological polar surface area (TPSA) is 45.8 Å². The predicted molar refractivity (Wildman–Crippen MR) is 97.9 cm³/mol. The number of rotatable bonds is 4. The highest BCUT2D eigenvalue weighted by molar-refractivity contribution is 6.42. The summed E-state index contributed by atoms with van der Waals surface area (Å²) in [6.07, 6.45) is 0.928. The van der Waals surface area contributed by atoms with Crippen LogP contribution in [0.2, 0.25) is 10.0 Å². The van der Waals surface area contributed by atoms with E-state index in [1.165, 1.54) is 0 Å². The maximum absolute atomic E-state index is 9.91. The minimum Gasteiger partial charge on any atom is -0.460 e. The summed E-state index contributed by atoms with van der Waals surface area (Å²) in [6, 6.07) is 9.46. The zero-order chi connectivity index (χ0) is 17.4. The Morgan fingerprint density at radius 3 is 2.84 bits per heavy atom. The number of ether oxygens (including phenoxy) is 1. The molecule has 2 aliphatic heterocycles. The molecule has 0 bridgehead atoms. The van der Waals surface area contributed by atoms with E-state index >= 15 is 0 Å². The number of aliphatic hydroxyl groups excluding tert-OH is 1. The Balaban J connectivity index is 1.47. The first kappa shape index (κ1) is 17.4. The van der Waals surface area contributed by atoms with Crippen molar-refractivity contribution in [2.75, 3.05) is 32.9 Å². The zero-order valence-corrected chi connectivity index (χ0v) is 15.4. The summed E-state index contributed by atoms with van der Waals surface area (Å²) in [4.78, 5) is 2.35. The fraction of sp³-hybridized carbons (Fsp3) is 0.474. The van der Waals surface area contributed by atoms with Gasteiger partial charge in [0.2, 0.25) is 0 Å². The molecule has 3 heterocycles. The third-order valence-electron chi connectivity index (χ3n) is 5.51. The van der Waals surface area contributed by atoms with Gasteiger partial charge in [-0.25, -0.2) is 0 Å². The number of nitrogens with zero attached hydrogens (tertiary/aromatic N) is 1. The molecule has 0 unspecified atom stereocenters. The summed E-state index contributed by atoms with van der Waals surface area (Å²) in [5.41, 5.74) is 0.896. The van der Waals surface area contributed by atoms with E-state index in [9.17, 15) is 5.11 Å². The van der Waals surface area contributed by atoms with E-state index < -0.39 is 0 Å². The van der Waals surface area contributed by atoms with Gasteiger partial charge in [0.15, 0.2) is 0 Å². The molecule has 0 spiro atoms. The molecular formula is C19H21Cl2NO3. The van der Waals surface area contributed by atoms with Gasteiger partial charge in [-0.05, 0) is 36.8 Å². The molecule has 2 aromatic rings. The summed E-state index contributed by atoms with van der Waals surface area (Å²) < 4.78 is 11.6. The van der Waals surface area contributed by atoms with Crippen molar-refractivity contribution in [2.45, 2.75) is 13.0 Å². The van der Waals surface area contributed by atoms with Crippen molar-refractivity contribution in [2.24, 2.45) is 11.3 Å². The Kier molecular flexibility index (Phi) is 4.82. The minimum atomic E-state index is -0.0165. The lowest BCUT2D eigenvalue weighted by Gasteiger charge is -2.36. The number of likely N-dealkylation sites (tertiary alicyclic amines) is 1. The smallest absolute Gasteiger partial charge is 0.134 e. The molecule has 1 aromatic heterocycles. The molecule has 134 valence electrons. The lowest BCUT2D eigenvalue weighted by Crippen LogP contribution is -2.41. The molecule has 0 aliphatic carbocycles. The molecule has 0 saturated carbocycles. The quantitative estimate of drug-likeness (QED) is 0.866. The highest BCUT2D eigenvalue weighted by atomic mass is 35.5. The van der Waals surface area contributed by atoms with Gasteiger partial charge < -0.3 is 14.3 Å². The van der Waals surface area contributed by atoms with Gasteiger partial charge in [-0.2, -0.15) is 0 Å². The summed E-state index contributed by atoms with van der Waals surface area (Å²) in [5, 5.41) is 11.0. The molecule has 1 N–H and O–H groups in total. The molecule has 0 radical (unpaired) electrons. The van der Waals surface area contributed by atoms with Gasteiger partial charge in [0.1, 0.15) is 11.5 Å². The predicted octanol–water partition coefficient (Wildman–Crippen LogP) is 4.08. The average Bonchev–Trinajstić information content (AvgIpc) is 3.22. The molecule has 6 heteroatoms. The molecule has 2 saturated heterocycles. The van der Waals surface area contributed by atoms with Crippen molar-refractivity contribution in [1.82, 2.24) is 4.90 Å². The van der Waals surface area contributed by atoms with Gasteiger partial charge in [-0.3, -0.25) is 4.90 Å². The summed E-state index contributed by atoms with van der Waals surface area (Å²) in [5.74, 6) is 2.09. The van der Waals surface area contributed by atoms with Gasteiger partial charge in [-0.15, -0.1) is 0 Å². The number of fused-ring (bicyclic) bond motifs is 1. The minimum absolute atomic E-state index is 0.0165. The number of aliphatic hydroxyl groups is 1. The van der Waals surface area contributed by atoms with Crippen LogP contribution in [0.15, 0.2) is 34.7 Å². The van der Waals surface area contributed by atoms with Crippen LogP contribution in [0.4, 0.5) is 0 Å². The Morgan fingerprint density at radius 2 is 2.08 bits per heavy atom. The van der Waals surface area contributed by atoms with Gasteiger partial charge in [0.05, 0.1) is 29.8 Å². The third kappa shape index (κ3) is 3.34. The second-order valence-corrected chi connectivity index (χ2v) is 7.92. The van der Waals surface area contributed by atoms with E-state index in [-0.39, 0.29) is 12.0 Å². The molecule has 25 heavy (non-hydrogen) atoms. The van der Waals surface area contributed by atoms with Crippen molar-refractivity contribution in [1.29, 1.82) is 0 Å². The second kappa shape index (κ2) is 6.93. The Labute approximate surface area is 157 Å². The Hall–Kier alpha value is -1.04. The van der Waals surface area contributed by atoms with E-state index in [4.69, 9.17) is 32.4 Å². The Morgan fingerprint density at radius 1 is 1.20 bits per heavy atom. The summed E-state index contributed by atoms with van der Waals surface area (Å²) in [7, 11) is 0. The van der Waals surface area contributed by atoms with Crippen LogP contribution in [-0.4, -0.2) is 42.9 Å². The van der Waals surface area contributed by atoms with Crippen molar-refractivity contribution in [3.8, 4) is 11.3 Å². The molecule has 4 rings (SSSR count). The number of furan rings is 1. The van der Waals surface area contributed by atoms with Crippen molar-refractivity contribution in [3.63, 3.8) is 0 Å². The Bertz CT molecular complexity index is 763. The van der Waals surface area contributed by atoms with Crippen LogP contribution < -0.4 is 0 Å². The fourth-order valence-electron chi connectivity index (χ4n) is 4.02. The van der Waals surface area contributed by atoms with Gasteiger partial charge in [-0.1, -0.05) is 23.2 Å². The lowest BCUT2D eigenvalue weighted by atomic mass is 9.75. The monoisotopic (exact) mass is 381 g/mol. The summed E-state index contributed by atoms with van der Waals surface area (Å²) in [6.45, 7) is 4.27. The van der Waals surface area contributed by atoms with E-state index in [0.717, 1.165) is 56.4 Å². The van der Waals surface area contributed by atoms with Crippen molar-refractivity contribution in [3.05, 3.63) is 46.1 Å². The second-order valence-electron chi connectivity index (χ2n) is 7.11. The first-order valence-electron chi connectivity index (χ1n) is 8.55. The van der Waals surface area contributed by atoms with Gasteiger partial charge in [0.25, 0.3) is 0 Å². The summed E-state index contributed by atoms with van der Waals surface area (Å²) >= 11 is 12.1. The van der Waals surface area contributed by atoms with E-state index in [0.29, 0.717) is 16.0 Å². The maximum Gasteiger partial charge on any atom is 0.134 e. The molecule has 0 amide bonds. The van der Waals surface area contributed by atoms with Crippen molar-refractivity contribution >= 4 is 23.2 Å². The molecular weight excluding hydrogens is 361 g/mol. The first-order valence-corrected chi connectivity index (χ1v) is 9.30. The SMILES string of the molecule is OC[C@]12CCOC[C@H]1CN(Cc1ccc(-c3ccc(Cl)c(Cl)c3)o1)C2. The van der Waals surface area contributed by atoms with Crippen LogP contribution >= 0.6 is 23.2 Å². The largest absolute Gasteiger partial charge is 0.460 e. The van der Waals surface area contributed by atoms with Crippen molar-refractivity contribution < 1.29 is 14.3 Å².